The average Bonchev–Trinajstić information content (AvgIpc) is 2.72. The number of nitrogens with one attached hydrogen (secondary N) is 1. The molecule has 0 saturated heterocycles. The monoisotopic (exact) mass is 384 g/mol. The van der Waals surface area contributed by atoms with Crippen molar-refractivity contribution in [3.05, 3.63) is 53.6 Å². The molecular weight excluding hydrogens is 356 g/mol. The molecule has 6 nitrogen and oxygen atoms in total. The van der Waals surface area contributed by atoms with E-state index in [2.05, 4.69) is 17.5 Å². The van der Waals surface area contributed by atoms with E-state index in [4.69, 9.17) is 14.2 Å². The highest BCUT2D eigenvalue weighted by Crippen LogP contribution is 2.24. The van der Waals surface area contributed by atoms with Gasteiger partial charge in [0.25, 0.3) is 5.91 Å². The maximum absolute atomic E-state index is 12.4. The lowest BCUT2D eigenvalue weighted by molar-refractivity contribution is 0.0951. The second-order valence-electron chi connectivity index (χ2n) is 6.02. The molecule has 0 saturated carbocycles. The van der Waals surface area contributed by atoms with Crippen LogP contribution in [-0.4, -0.2) is 31.9 Å². The Kier molecular flexibility index (Phi) is 8.85. The standard InChI is InChI=1S/C22H28N2O4/c1-4-13-27-18-12-11-17(21(15-18)28-14-5-2)16-23-24-22(25)19-9-7-8-10-20(19)26-6-3/h7-12,15-16H,4-6,13-14H2,1-3H3,(H,24,25). The van der Waals surface area contributed by atoms with Crippen LogP contribution >= 0.6 is 0 Å². The van der Waals surface area contributed by atoms with Crippen molar-refractivity contribution in [1.29, 1.82) is 0 Å². The molecule has 1 amide bonds. The van der Waals surface area contributed by atoms with E-state index >= 15 is 0 Å². The molecule has 0 aliphatic heterocycles. The zero-order valence-corrected chi connectivity index (χ0v) is 16.7. The van der Waals surface area contributed by atoms with Gasteiger partial charge in [-0.2, -0.15) is 5.10 Å². The van der Waals surface area contributed by atoms with Gasteiger partial charge in [-0.15, -0.1) is 0 Å². The van der Waals surface area contributed by atoms with Gasteiger partial charge in [-0.25, -0.2) is 5.43 Å². The van der Waals surface area contributed by atoms with Gasteiger partial charge in [-0.05, 0) is 44.0 Å². The number of para-hydroxylation sites is 1. The highest BCUT2D eigenvalue weighted by atomic mass is 16.5. The zero-order valence-electron chi connectivity index (χ0n) is 16.7. The van der Waals surface area contributed by atoms with Gasteiger partial charge in [0.2, 0.25) is 0 Å². The van der Waals surface area contributed by atoms with Crippen molar-refractivity contribution < 1.29 is 19.0 Å². The predicted octanol–water partition coefficient (Wildman–Crippen LogP) is 4.43. The summed E-state index contributed by atoms with van der Waals surface area (Å²) in [6.45, 7) is 7.70. The number of carbonyl (C=O) groups excluding carboxylic acids is 1. The van der Waals surface area contributed by atoms with Gasteiger partial charge in [-0.1, -0.05) is 26.0 Å². The van der Waals surface area contributed by atoms with Crippen molar-refractivity contribution in [3.8, 4) is 17.2 Å². The van der Waals surface area contributed by atoms with Crippen LogP contribution in [0.4, 0.5) is 0 Å². The quantitative estimate of drug-likeness (QED) is 0.460. The molecule has 0 fully saturated rings. The van der Waals surface area contributed by atoms with E-state index in [9.17, 15) is 4.79 Å². The van der Waals surface area contributed by atoms with Gasteiger partial charge in [0.1, 0.15) is 17.2 Å². The minimum absolute atomic E-state index is 0.334. The molecule has 0 aromatic heterocycles. The maximum Gasteiger partial charge on any atom is 0.275 e. The molecule has 1 N–H and O–H groups in total. The third-order valence-corrected chi connectivity index (χ3v) is 3.72. The summed E-state index contributed by atoms with van der Waals surface area (Å²) in [5.74, 6) is 1.62. The number of hydrogen-bond donors (Lipinski definition) is 1. The van der Waals surface area contributed by atoms with Crippen LogP contribution in [0.3, 0.4) is 0 Å². The summed E-state index contributed by atoms with van der Waals surface area (Å²) < 4.78 is 16.9. The van der Waals surface area contributed by atoms with E-state index in [1.165, 1.54) is 0 Å². The number of hydrogen-bond acceptors (Lipinski definition) is 5. The van der Waals surface area contributed by atoms with Gasteiger partial charge in [0.05, 0.1) is 31.6 Å². The van der Waals surface area contributed by atoms with Crippen molar-refractivity contribution in [2.24, 2.45) is 5.10 Å². The highest BCUT2D eigenvalue weighted by molar-refractivity contribution is 5.97. The first kappa shape index (κ1) is 21.3. The number of nitrogens with zero attached hydrogens (tertiary/aromatic N) is 1. The lowest BCUT2D eigenvalue weighted by atomic mass is 10.2. The molecule has 0 bridgehead atoms. The molecule has 0 radical (unpaired) electrons. The lowest BCUT2D eigenvalue weighted by Crippen LogP contribution is -2.18. The Morgan fingerprint density at radius 2 is 1.71 bits per heavy atom. The van der Waals surface area contributed by atoms with Crippen molar-refractivity contribution in [2.45, 2.75) is 33.6 Å². The molecule has 0 spiro atoms. The number of rotatable bonds is 11. The summed E-state index contributed by atoms with van der Waals surface area (Å²) in [7, 11) is 0. The Hall–Kier alpha value is -3.02. The van der Waals surface area contributed by atoms with Crippen LogP contribution in [-0.2, 0) is 0 Å². The first-order valence-corrected chi connectivity index (χ1v) is 9.64. The minimum atomic E-state index is -0.334. The van der Waals surface area contributed by atoms with Crippen LogP contribution in [0.25, 0.3) is 0 Å². The van der Waals surface area contributed by atoms with Gasteiger partial charge < -0.3 is 14.2 Å². The lowest BCUT2D eigenvalue weighted by Gasteiger charge is -2.11. The number of amides is 1. The SMILES string of the molecule is CCCOc1ccc(C=NNC(=O)c2ccccc2OCC)c(OCCC)c1. The number of ether oxygens (including phenoxy) is 3. The van der Waals surface area contributed by atoms with E-state index < -0.39 is 0 Å². The summed E-state index contributed by atoms with van der Waals surface area (Å²) >= 11 is 0. The van der Waals surface area contributed by atoms with Crippen LogP contribution in [0, 0.1) is 0 Å². The third kappa shape index (κ3) is 6.30. The largest absolute Gasteiger partial charge is 0.493 e. The molecular formula is C22H28N2O4. The zero-order chi connectivity index (χ0) is 20.2. The third-order valence-electron chi connectivity index (χ3n) is 3.72. The Labute approximate surface area is 166 Å². The minimum Gasteiger partial charge on any atom is -0.493 e. The Morgan fingerprint density at radius 3 is 2.46 bits per heavy atom. The summed E-state index contributed by atoms with van der Waals surface area (Å²) in [4.78, 5) is 12.4. The maximum atomic E-state index is 12.4. The fourth-order valence-corrected chi connectivity index (χ4v) is 2.42. The van der Waals surface area contributed by atoms with Crippen LogP contribution in [0.5, 0.6) is 17.2 Å². The molecule has 6 heteroatoms. The Balaban J connectivity index is 2.11. The highest BCUT2D eigenvalue weighted by Gasteiger charge is 2.11. The molecule has 0 heterocycles. The van der Waals surface area contributed by atoms with E-state index in [1.54, 1.807) is 24.4 Å². The molecule has 2 rings (SSSR count). The first-order valence-electron chi connectivity index (χ1n) is 9.64. The summed E-state index contributed by atoms with van der Waals surface area (Å²) in [5, 5.41) is 4.08. The summed E-state index contributed by atoms with van der Waals surface area (Å²) in [5.41, 5.74) is 3.74. The molecule has 2 aromatic rings. The number of benzene rings is 2. The molecule has 0 aliphatic rings. The van der Waals surface area contributed by atoms with Crippen LogP contribution in [0.1, 0.15) is 49.5 Å². The Bertz CT molecular complexity index is 790. The second-order valence-corrected chi connectivity index (χ2v) is 6.02. The molecule has 0 unspecified atom stereocenters. The van der Waals surface area contributed by atoms with E-state index in [0.717, 1.165) is 24.2 Å². The molecule has 0 aliphatic carbocycles. The van der Waals surface area contributed by atoms with Crippen LogP contribution in [0.2, 0.25) is 0 Å². The molecule has 0 atom stereocenters. The molecule has 28 heavy (non-hydrogen) atoms. The van der Waals surface area contributed by atoms with Crippen molar-refractivity contribution >= 4 is 12.1 Å². The van der Waals surface area contributed by atoms with Crippen molar-refractivity contribution in [2.75, 3.05) is 19.8 Å². The van der Waals surface area contributed by atoms with Crippen molar-refractivity contribution in [1.82, 2.24) is 5.43 Å². The Morgan fingerprint density at radius 1 is 0.964 bits per heavy atom. The van der Waals surface area contributed by atoms with Crippen LogP contribution < -0.4 is 19.6 Å². The van der Waals surface area contributed by atoms with Crippen molar-refractivity contribution in [3.63, 3.8) is 0 Å². The molecule has 150 valence electrons. The number of carbonyl (C=O) groups is 1. The van der Waals surface area contributed by atoms with Gasteiger partial charge in [-0.3, -0.25) is 4.79 Å². The smallest absolute Gasteiger partial charge is 0.275 e. The second kappa shape index (κ2) is 11.6. The molecule has 2 aromatic carbocycles. The fourth-order valence-electron chi connectivity index (χ4n) is 2.42. The fraction of sp³-hybridized carbons (Fsp3) is 0.364. The van der Waals surface area contributed by atoms with E-state index in [-0.39, 0.29) is 5.91 Å². The summed E-state index contributed by atoms with van der Waals surface area (Å²) in [6.07, 6.45) is 3.39. The van der Waals surface area contributed by atoms with Gasteiger partial charge in [0.15, 0.2) is 0 Å². The first-order chi connectivity index (χ1) is 13.7. The average molecular weight is 384 g/mol. The van der Waals surface area contributed by atoms with Crippen LogP contribution in [0.15, 0.2) is 47.6 Å². The van der Waals surface area contributed by atoms with Gasteiger partial charge in [0, 0.05) is 11.6 Å². The normalized spacial score (nSPS) is 10.7. The topological polar surface area (TPSA) is 69.2 Å². The number of hydrazone groups is 1. The van der Waals surface area contributed by atoms with E-state index in [0.29, 0.717) is 36.9 Å². The van der Waals surface area contributed by atoms with Gasteiger partial charge >= 0.3 is 0 Å². The van der Waals surface area contributed by atoms with E-state index in [1.807, 2.05) is 38.1 Å². The summed E-state index contributed by atoms with van der Waals surface area (Å²) in [6, 6.07) is 12.6. The predicted molar refractivity (Wildman–Crippen MR) is 111 cm³/mol.